The van der Waals surface area contributed by atoms with E-state index in [4.69, 9.17) is 9.52 Å². The molecule has 88 valence electrons. The highest BCUT2D eigenvalue weighted by Crippen LogP contribution is 2.14. The highest BCUT2D eigenvalue weighted by Gasteiger charge is 2.13. The summed E-state index contributed by atoms with van der Waals surface area (Å²) in [7, 11) is 0. The standard InChI is InChI=1S/C11H10N2O4/c1-6-7(5-9(14)15)11(16)13-10(12-6)8-3-2-4-17-8/h2-4H,5H2,1H3,(H,14,15)(H,12,13,16). The number of furan rings is 1. The van der Waals surface area contributed by atoms with Crippen molar-refractivity contribution in [1.82, 2.24) is 9.97 Å². The number of aliphatic carboxylic acids is 1. The van der Waals surface area contributed by atoms with Crippen molar-refractivity contribution in [1.29, 1.82) is 0 Å². The monoisotopic (exact) mass is 234 g/mol. The molecule has 0 aromatic carbocycles. The van der Waals surface area contributed by atoms with Crippen molar-refractivity contribution < 1.29 is 14.3 Å². The van der Waals surface area contributed by atoms with Crippen LogP contribution >= 0.6 is 0 Å². The maximum atomic E-state index is 11.7. The van der Waals surface area contributed by atoms with E-state index in [0.29, 0.717) is 17.3 Å². The number of hydrogen-bond acceptors (Lipinski definition) is 4. The molecule has 2 aromatic rings. The number of carboxylic acids is 1. The van der Waals surface area contributed by atoms with Crippen LogP contribution in [-0.2, 0) is 11.2 Å². The zero-order valence-corrected chi connectivity index (χ0v) is 9.06. The van der Waals surface area contributed by atoms with Gasteiger partial charge in [-0.1, -0.05) is 0 Å². The lowest BCUT2D eigenvalue weighted by atomic mass is 10.1. The van der Waals surface area contributed by atoms with Gasteiger partial charge in [-0.05, 0) is 19.1 Å². The summed E-state index contributed by atoms with van der Waals surface area (Å²) in [6.45, 7) is 1.60. The fraction of sp³-hybridized carbons (Fsp3) is 0.182. The van der Waals surface area contributed by atoms with Gasteiger partial charge in [0, 0.05) is 11.3 Å². The molecule has 0 amide bonds. The Morgan fingerprint density at radius 2 is 2.35 bits per heavy atom. The fourth-order valence-electron chi connectivity index (χ4n) is 1.50. The van der Waals surface area contributed by atoms with Crippen LogP contribution in [0.25, 0.3) is 11.6 Å². The molecule has 0 spiro atoms. The molecular weight excluding hydrogens is 224 g/mol. The highest BCUT2D eigenvalue weighted by molar-refractivity contribution is 5.70. The Labute approximate surface area is 95.9 Å². The maximum absolute atomic E-state index is 11.7. The van der Waals surface area contributed by atoms with Crippen LogP contribution in [0.3, 0.4) is 0 Å². The molecule has 0 bridgehead atoms. The minimum absolute atomic E-state index is 0.160. The molecule has 2 aromatic heterocycles. The molecule has 0 atom stereocenters. The van der Waals surface area contributed by atoms with E-state index in [9.17, 15) is 9.59 Å². The second-order valence-corrected chi connectivity index (χ2v) is 3.53. The molecule has 6 nitrogen and oxygen atoms in total. The van der Waals surface area contributed by atoms with Crippen molar-refractivity contribution in [3.63, 3.8) is 0 Å². The molecule has 0 aliphatic rings. The van der Waals surface area contributed by atoms with Gasteiger partial charge in [-0.25, -0.2) is 4.98 Å². The van der Waals surface area contributed by atoms with Gasteiger partial charge in [-0.15, -0.1) is 0 Å². The van der Waals surface area contributed by atoms with Gasteiger partial charge in [0.15, 0.2) is 11.6 Å². The second-order valence-electron chi connectivity index (χ2n) is 3.53. The van der Waals surface area contributed by atoms with Crippen LogP contribution in [0, 0.1) is 6.92 Å². The number of H-pyrrole nitrogens is 1. The number of aryl methyl sites for hydroxylation is 1. The van der Waals surface area contributed by atoms with Crippen LogP contribution in [0.4, 0.5) is 0 Å². The average molecular weight is 234 g/mol. The third-order valence-corrected chi connectivity index (χ3v) is 2.30. The van der Waals surface area contributed by atoms with E-state index >= 15 is 0 Å². The Hall–Kier alpha value is -2.37. The number of nitrogens with one attached hydrogen (secondary N) is 1. The number of nitrogens with zero attached hydrogens (tertiary/aromatic N) is 1. The number of aromatic amines is 1. The largest absolute Gasteiger partial charge is 0.481 e. The van der Waals surface area contributed by atoms with Crippen molar-refractivity contribution in [3.8, 4) is 11.6 Å². The summed E-state index contributed by atoms with van der Waals surface area (Å²) in [6, 6.07) is 3.34. The molecule has 0 saturated heterocycles. The molecule has 2 N–H and O–H groups in total. The van der Waals surface area contributed by atoms with E-state index in [-0.39, 0.29) is 12.0 Å². The molecule has 0 unspecified atom stereocenters. The molecular formula is C11H10N2O4. The van der Waals surface area contributed by atoms with Crippen molar-refractivity contribution in [2.45, 2.75) is 13.3 Å². The molecule has 0 saturated carbocycles. The van der Waals surface area contributed by atoms with Gasteiger partial charge >= 0.3 is 5.97 Å². The Morgan fingerprint density at radius 1 is 1.59 bits per heavy atom. The Balaban J connectivity index is 2.49. The Bertz CT molecular complexity index is 598. The molecule has 0 aliphatic carbocycles. The minimum Gasteiger partial charge on any atom is -0.481 e. The van der Waals surface area contributed by atoms with E-state index in [2.05, 4.69) is 9.97 Å². The van der Waals surface area contributed by atoms with E-state index < -0.39 is 11.5 Å². The van der Waals surface area contributed by atoms with E-state index in [1.807, 2.05) is 0 Å². The van der Waals surface area contributed by atoms with Crippen LogP contribution < -0.4 is 5.56 Å². The van der Waals surface area contributed by atoms with E-state index in [1.54, 1.807) is 19.1 Å². The maximum Gasteiger partial charge on any atom is 0.308 e. The molecule has 0 aliphatic heterocycles. The van der Waals surface area contributed by atoms with Gasteiger partial charge < -0.3 is 14.5 Å². The van der Waals surface area contributed by atoms with Crippen molar-refractivity contribution >= 4 is 5.97 Å². The van der Waals surface area contributed by atoms with Gasteiger partial charge in [0.2, 0.25) is 0 Å². The van der Waals surface area contributed by atoms with E-state index in [1.165, 1.54) is 6.26 Å². The van der Waals surface area contributed by atoms with Crippen LogP contribution in [-0.4, -0.2) is 21.0 Å². The lowest BCUT2D eigenvalue weighted by molar-refractivity contribution is -0.136. The van der Waals surface area contributed by atoms with Gasteiger partial charge in [0.1, 0.15) is 0 Å². The SMILES string of the molecule is Cc1nc(-c2ccco2)[nH]c(=O)c1CC(=O)O. The summed E-state index contributed by atoms with van der Waals surface area (Å²) >= 11 is 0. The first-order chi connectivity index (χ1) is 8.08. The van der Waals surface area contributed by atoms with Gasteiger partial charge in [0.25, 0.3) is 5.56 Å². The van der Waals surface area contributed by atoms with Crippen LogP contribution in [0.1, 0.15) is 11.3 Å². The molecule has 2 heterocycles. The zero-order chi connectivity index (χ0) is 12.4. The quantitative estimate of drug-likeness (QED) is 0.824. The predicted molar refractivity (Wildman–Crippen MR) is 58.6 cm³/mol. The number of rotatable bonds is 3. The summed E-state index contributed by atoms with van der Waals surface area (Å²) in [4.78, 5) is 28.9. The normalized spacial score (nSPS) is 10.4. The smallest absolute Gasteiger partial charge is 0.308 e. The van der Waals surface area contributed by atoms with Gasteiger partial charge in [-0.3, -0.25) is 9.59 Å². The van der Waals surface area contributed by atoms with Crippen molar-refractivity contribution in [2.24, 2.45) is 0 Å². The van der Waals surface area contributed by atoms with Crippen LogP contribution in [0.5, 0.6) is 0 Å². The number of aromatic nitrogens is 2. The molecule has 2 rings (SSSR count). The summed E-state index contributed by atoms with van der Waals surface area (Å²) in [5.41, 5.74) is 0.0988. The first kappa shape index (κ1) is 11.1. The topological polar surface area (TPSA) is 96.2 Å². The Kier molecular flexibility index (Phi) is 2.78. The van der Waals surface area contributed by atoms with Crippen LogP contribution in [0.15, 0.2) is 27.6 Å². The lowest BCUT2D eigenvalue weighted by Gasteiger charge is -2.03. The first-order valence-corrected chi connectivity index (χ1v) is 4.93. The number of hydrogen-bond donors (Lipinski definition) is 2. The van der Waals surface area contributed by atoms with Gasteiger partial charge in [0.05, 0.1) is 12.7 Å². The van der Waals surface area contributed by atoms with E-state index in [0.717, 1.165) is 0 Å². The van der Waals surface area contributed by atoms with Crippen molar-refractivity contribution in [3.05, 3.63) is 40.0 Å². The van der Waals surface area contributed by atoms with Gasteiger partial charge in [-0.2, -0.15) is 0 Å². The third-order valence-electron chi connectivity index (χ3n) is 2.30. The third kappa shape index (κ3) is 2.25. The lowest BCUT2D eigenvalue weighted by Crippen LogP contribution is -2.20. The summed E-state index contributed by atoms with van der Waals surface area (Å²) in [5, 5.41) is 8.67. The first-order valence-electron chi connectivity index (χ1n) is 4.93. The highest BCUT2D eigenvalue weighted by atomic mass is 16.4. The second kappa shape index (κ2) is 4.25. The predicted octanol–water partition coefficient (Wildman–Crippen LogP) is 0.965. The van der Waals surface area contributed by atoms with Crippen LogP contribution in [0.2, 0.25) is 0 Å². The Morgan fingerprint density at radius 3 is 2.88 bits per heavy atom. The molecule has 6 heteroatoms. The number of carbonyl (C=O) groups is 1. The summed E-state index contributed by atoms with van der Waals surface area (Å²) < 4.78 is 5.10. The summed E-state index contributed by atoms with van der Waals surface area (Å²) in [6.07, 6.45) is 1.13. The van der Waals surface area contributed by atoms with Crippen molar-refractivity contribution in [2.75, 3.05) is 0 Å². The zero-order valence-electron chi connectivity index (χ0n) is 9.06. The minimum atomic E-state index is -1.06. The number of carboxylic acid groups (broad SMARTS) is 1. The fourth-order valence-corrected chi connectivity index (χ4v) is 1.50. The average Bonchev–Trinajstić information content (AvgIpc) is 2.76. The molecule has 0 fully saturated rings. The summed E-state index contributed by atoms with van der Waals surface area (Å²) in [5.74, 6) is -0.329. The molecule has 17 heavy (non-hydrogen) atoms. The molecule has 0 radical (unpaired) electrons.